The average molecular weight is 347 g/mol. The number of hydrogen-bond donors (Lipinski definition) is 0. The number of amides is 1. The lowest BCUT2D eigenvalue weighted by atomic mass is 10.2. The molecule has 0 bridgehead atoms. The molecule has 5 nitrogen and oxygen atoms in total. The monoisotopic (exact) mass is 347 g/mol. The minimum atomic E-state index is 0.290. The molecule has 1 saturated heterocycles. The second-order valence-electron chi connectivity index (χ2n) is 6.23. The lowest BCUT2D eigenvalue weighted by molar-refractivity contribution is -0.131. The number of fused-ring (bicyclic) bond motifs is 1. The molecule has 0 unspecified atom stereocenters. The number of hydrogen-bond acceptors (Lipinski definition) is 5. The van der Waals surface area contributed by atoms with Crippen molar-refractivity contribution in [1.82, 2.24) is 9.88 Å². The number of nitrogens with zero attached hydrogens (tertiary/aromatic N) is 3. The Morgan fingerprint density at radius 3 is 2.71 bits per heavy atom. The molecule has 1 aromatic carbocycles. The number of rotatable bonds is 5. The van der Waals surface area contributed by atoms with Gasteiger partial charge in [0.2, 0.25) is 5.91 Å². The van der Waals surface area contributed by atoms with Gasteiger partial charge in [0.15, 0.2) is 5.13 Å². The summed E-state index contributed by atoms with van der Waals surface area (Å²) >= 11 is 1.71. The van der Waals surface area contributed by atoms with Crippen LogP contribution in [0.2, 0.25) is 0 Å². The molecular formula is C18H25N3O2S. The first kappa shape index (κ1) is 17.0. The van der Waals surface area contributed by atoms with Crippen molar-refractivity contribution >= 4 is 32.6 Å². The molecule has 0 aliphatic carbocycles. The second-order valence-corrected chi connectivity index (χ2v) is 7.21. The van der Waals surface area contributed by atoms with Gasteiger partial charge in [-0.15, -0.1) is 0 Å². The van der Waals surface area contributed by atoms with E-state index in [0.717, 1.165) is 55.4 Å². The van der Waals surface area contributed by atoms with Gasteiger partial charge in [-0.1, -0.05) is 30.7 Å². The Kier molecular flexibility index (Phi) is 5.23. The summed E-state index contributed by atoms with van der Waals surface area (Å²) in [6.07, 6.45) is 2.72. The highest BCUT2D eigenvalue weighted by molar-refractivity contribution is 7.22. The molecule has 6 heteroatoms. The predicted molar refractivity (Wildman–Crippen MR) is 99.2 cm³/mol. The van der Waals surface area contributed by atoms with Gasteiger partial charge in [0.25, 0.3) is 0 Å². The number of carbonyl (C=O) groups excluding carboxylic acids is 1. The normalized spacial score (nSPS) is 15.1. The van der Waals surface area contributed by atoms with Crippen LogP contribution in [0.25, 0.3) is 10.2 Å². The summed E-state index contributed by atoms with van der Waals surface area (Å²) in [7, 11) is 1.68. The Morgan fingerprint density at radius 2 is 2.04 bits per heavy atom. The van der Waals surface area contributed by atoms with Crippen molar-refractivity contribution < 1.29 is 9.53 Å². The lowest BCUT2D eigenvalue weighted by Crippen LogP contribution is -2.48. The SMILES string of the molecule is CCCCC(=O)N1CCN(c2nc3c(OC)ccc(C)c3s2)CC1. The van der Waals surface area contributed by atoms with E-state index in [1.165, 1.54) is 10.3 Å². The Morgan fingerprint density at radius 1 is 1.29 bits per heavy atom. The number of aromatic nitrogens is 1. The lowest BCUT2D eigenvalue weighted by Gasteiger charge is -2.34. The molecular weight excluding hydrogens is 322 g/mol. The number of unbranched alkanes of at least 4 members (excludes halogenated alkanes) is 1. The van der Waals surface area contributed by atoms with Crippen LogP contribution in [0.4, 0.5) is 5.13 Å². The van der Waals surface area contributed by atoms with Crippen LogP contribution >= 0.6 is 11.3 Å². The number of anilines is 1. The van der Waals surface area contributed by atoms with Crippen molar-refractivity contribution in [2.75, 3.05) is 38.2 Å². The van der Waals surface area contributed by atoms with E-state index in [1.54, 1.807) is 18.4 Å². The maximum atomic E-state index is 12.1. The highest BCUT2D eigenvalue weighted by atomic mass is 32.1. The Hall–Kier alpha value is -1.82. The molecule has 24 heavy (non-hydrogen) atoms. The van der Waals surface area contributed by atoms with E-state index in [1.807, 2.05) is 11.0 Å². The van der Waals surface area contributed by atoms with Gasteiger partial charge in [-0.05, 0) is 25.0 Å². The molecule has 0 atom stereocenters. The van der Waals surface area contributed by atoms with E-state index < -0.39 is 0 Å². The Bertz CT molecular complexity index is 720. The van der Waals surface area contributed by atoms with Gasteiger partial charge in [0.1, 0.15) is 11.3 Å². The summed E-state index contributed by atoms with van der Waals surface area (Å²) in [5, 5.41) is 1.03. The third-order valence-corrected chi connectivity index (χ3v) is 5.81. The zero-order valence-electron chi connectivity index (χ0n) is 14.7. The molecule has 0 saturated carbocycles. The fourth-order valence-electron chi connectivity index (χ4n) is 3.03. The number of methoxy groups -OCH3 is 1. The fraction of sp³-hybridized carbons (Fsp3) is 0.556. The van der Waals surface area contributed by atoms with Crippen molar-refractivity contribution in [2.24, 2.45) is 0 Å². The molecule has 3 rings (SSSR count). The molecule has 0 radical (unpaired) electrons. The topological polar surface area (TPSA) is 45.7 Å². The van der Waals surface area contributed by atoms with Gasteiger partial charge < -0.3 is 14.5 Å². The number of piperazine rings is 1. The van der Waals surface area contributed by atoms with Crippen LogP contribution in [0.15, 0.2) is 12.1 Å². The molecule has 1 amide bonds. The third kappa shape index (κ3) is 3.34. The van der Waals surface area contributed by atoms with Crippen LogP contribution in [0.1, 0.15) is 31.7 Å². The molecule has 2 heterocycles. The first-order valence-corrected chi connectivity index (χ1v) is 9.42. The molecule has 1 fully saturated rings. The molecule has 0 spiro atoms. The van der Waals surface area contributed by atoms with Gasteiger partial charge in [-0.2, -0.15) is 0 Å². The summed E-state index contributed by atoms with van der Waals surface area (Å²) < 4.78 is 6.63. The maximum Gasteiger partial charge on any atom is 0.222 e. The van der Waals surface area contributed by atoms with Crippen molar-refractivity contribution in [1.29, 1.82) is 0 Å². The van der Waals surface area contributed by atoms with Gasteiger partial charge in [0.05, 0.1) is 11.8 Å². The fourth-order valence-corrected chi connectivity index (χ4v) is 4.13. The van der Waals surface area contributed by atoms with E-state index in [0.29, 0.717) is 12.3 Å². The van der Waals surface area contributed by atoms with E-state index in [-0.39, 0.29) is 0 Å². The molecule has 1 aliphatic rings. The van der Waals surface area contributed by atoms with Gasteiger partial charge >= 0.3 is 0 Å². The van der Waals surface area contributed by atoms with E-state index in [2.05, 4.69) is 24.8 Å². The highest BCUT2D eigenvalue weighted by Crippen LogP contribution is 2.36. The van der Waals surface area contributed by atoms with Gasteiger partial charge in [-0.3, -0.25) is 4.79 Å². The average Bonchev–Trinajstić information content (AvgIpc) is 3.06. The minimum Gasteiger partial charge on any atom is -0.494 e. The Labute approximate surface area is 147 Å². The number of ether oxygens (including phenoxy) is 1. The largest absolute Gasteiger partial charge is 0.494 e. The standard InChI is InChI=1S/C18H25N3O2S/c1-4-5-6-15(22)20-9-11-21(12-10-20)18-19-16-14(23-3)8-7-13(2)17(16)24-18/h7-8H,4-6,9-12H2,1-3H3. The van der Waals surface area contributed by atoms with Crippen LogP contribution in [0, 0.1) is 6.92 Å². The predicted octanol–water partition coefficient (Wildman–Crippen LogP) is 3.45. The van der Waals surface area contributed by atoms with Crippen molar-refractivity contribution in [3.8, 4) is 5.75 Å². The summed E-state index contributed by atoms with van der Waals surface area (Å²) in [4.78, 5) is 21.2. The first-order valence-electron chi connectivity index (χ1n) is 8.61. The zero-order valence-corrected chi connectivity index (χ0v) is 15.5. The van der Waals surface area contributed by atoms with E-state index >= 15 is 0 Å². The van der Waals surface area contributed by atoms with Crippen LogP contribution < -0.4 is 9.64 Å². The zero-order chi connectivity index (χ0) is 17.1. The van der Waals surface area contributed by atoms with Gasteiger partial charge in [0, 0.05) is 32.6 Å². The summed E-state index contributed by atoms with van der Waals surface area (Å²) in [5.74, 6) is 1.12. The smallest absolute Gasteiger partial charge is 0.222 e. The highest BCUT2D eigenvalue weighted by Gasteiger charge is 2.23. The van der Waals surface area contributed by atoms with Crippen LogP contribution in [0.5, 0.6) is 5.75 Å². The van der Waals surface area contributed by atoms with Crippen LogP contribution in [-0.4, -0.2) is 49.1 Å². The van der Waals surface area contributed by atoms with Crippen molar-refractivity contribution in [3.63, 3.8) is 0 Å². The molecule has 2 aromatic rings. The molecule has 1 aliphatic heterocycles. The number of benzene rings is 1. The summed E-state index contributed by atoms with van der Waals surface area (Å²) in [6, 6.07) is 4.05. The first-order chi connectivity index (χ1) is 11.6. The quantitative estimate of drug-likeness (QED) is 0.831. The van der Waals surface area contributed by atoms with Crippen molar-refractivity contribution in [2.45, 2.75) is 33.1 Å². The number of thiazole rings is 1. The van der Waals surface area contributed by atoms with Crippen LogP contribution in [-0.2, 0) is 4.79 Å². The van der Waals surface area contributed by atoms with Crippen LogP contribution in [0.3, 0.4) is 0 Å². The van der Waals surface area contributed by atoms with Crippen molar-refractivity contribution in [3.05, 3.63) is 17.7 Å². The summed E-state index contributed by atoms with van der Waals surface area (Å²) in [5.41, 5.74) is 2.17. The number of aryl methyl sites for hydroxylation is 1. The third-order valence-electron chi connectivity index (χ3n) is 4.56. The Balaban J connectivity index is 1.72. The summed E-state index contributed by atoms with van der Waals surface area (Å²) in [6.45, 7) is 7.49. The molecule has 0 N–H and O–H groups in total. The van der Waals surface area contributed by atoms with Gasteiger partial charge in [-0.25, -0.2) is 4.98 Å². The molecule has 1 aromatic heterocycles. The number of carbonyl (C=O) groups is 1. The van der Waals surface area contributed by atoms with E-state index in [9.17, 15) is 4.79 Å². The molecule has 130 valence electrons. The van der Waals surface area contributed by atoms with E-state index in [4.69, 9.17) is 9.72 Å². The second kappa shape index (κ2) is 7.38. The maximum absolute atomic E-state index is 12.1. The minimum absolute atomic E-state index is 0.290.